The van der Waals surface area contributed by atoms with Gasteiger partial charge in [0.05, 0.1) is 13.2 Å². The van der Waals surface area contributed by atoms with E-state index in [4.69, 9.17) is 14.2 Å². The standard InChI is InChI=1S/C26H39FN2O6/c1-26(2,3)35-25(32)29-13-5-6-21(29)24(31)28-12-11-18-14-20(27)23(15-22(18)33-4)34-19-9-7-17(16-30)8-10-19/h14-15,17,19,21,30H,5-13,16H2,1-4H3,(H,28,31)/t17?,19?,21-/m0/s1. The van der Waals surface area contributed by atoms with Gasteiger partial charge >= 0.3 is 6.09 Å². The first-order valence-corrected chi connectivity index (χ1v) is 12.5. The number of hydrogen-bond donors (Lipinski definition) is 2. The summed E-state index contributed by atoms with van der Waals surface area (Å²) in [6, 6.07) is 2.38. The van der Waals surface area contributed by atoms with Gasteiger partial charge in [-0.1, -0.05) is 0 Å². The van der Waals surface area contributed by atoms with Crippen molar-refractivity contribution in [2.45, 2.75) is 83.5 Å². The van der Waals surface area contributed by atoms with E-state index >= 15 is 0 Å². The number of likely N-dealkylation sites (tertiary alicyclic amines) is 1. The molecule has 2 fully saturated rings. The van der Waals surface area contributed by atoms with Gasteiger partial charge in [0.1, 0.15) is 17.4 Å². The van der Waals surface area contributed by atoms with Crippen molar-refractivity contribution in [2.24, 2.45) is 5.92 Å². The Morgan fingerprint density at radius 1 is 1.14 bits per heavy atom. The molecule has 0 aromatic heterocycles. The van der Waals surface area contributed by atoms with Gasteiger partial charge in [-0.25, -0.2) is 9.18 Å². The number of hydrogen-bond acceptors (Lipinski definition) is 6. The van der Waals surface area contributed by atoms with Crippen LogP contribution in [0.3, 0.4) is 0 Å². The summed E-state index contributed by atoms with van der Waals surface area (Å²) in [5, 5.41) is 12.2. The smallest absolute Gasteiger partial charge is 0.410 e. The Kier molecular flexibility index (Phi) is 9.21. The number of carbonyl (C=O) groups is 2. The minimum absolute atomic E-state index is 0.0820. The highest BCUT2D eigenvalue weighted by Crippen LogP contribution is 2.32. The van der Waals surface area contributed by atoms with Crippen LogP contribution >= 0.6 is 0 Å². The number of nitrogens with zero attached hydrogens (tertiary/aromatic N) is 1. The molecule has 1 heterocycles. The fraction of sp³-hybridized carbons (Fsp3) is 0.692. The van der Waals surface area contributed by atoms with Crippen molar-refractivity contribution in [1.82, 2.24) is 10.2 Å². The summed E-state index contributed by atoms with van der Waals surface area (Å²) in [6.45, 7) is 6.32. The third-order valence-corrected chi connectivity index (χ3v) is 6.56. The van der Waals surface area contributed by atoms with Crippen LogP contribution in [0.2, 0.25) is 0 Å². The second kappa shape index (κ2) is 11.9. The van der Waals surface area contributed by atoms with E-state index in [0.29, 0.717) is 36.6 Å². The van der Waals surface area contributed by atoms with Gasteiger partial charge in [0.25, 0.3) is 0 Å². The predicted octanol–water partition coefficient (Wildman–Crippen LogP) is 3.82. The van der Waals surface area contributed by atoms with Crippen molar-refractivity contribution in [3.8, 4) is 11.5 Å². The highest BCUT2D eigenvalue weighted by Gasteiger charge is 2.36. The van der Waals surface area contributed by atoms with Gasteiger partial charge in [0.2, 0.25) is 5.91 Å². The highest BCUT2D eigenvalue weighted by atomic mass is 19.1. The SMILES string of the molecule is COc1cc(OC2CCC(CO)CC2)c(F)cc1CCNC(=O)[C@@H]1CCCN1C(=O)OC(C)(C)C. The number of rotatable bonds is 8. The lowest BCUT2D eigenvalue weighted by atomic mass is 9.88. The van der Waals surface area contributed by atoms with Crippen LogP contribution in [-0.2, 0) is 16.0 Å². The number of methoxy groups -OCH3 is 1. The predicted molar refractivity (Wildman–Crippen MR) is 129 cm³/mol. The van der Waals surface area contributed by atoms with E-state index in [2.05, 4.69) is 5.32 Å². The summed E-state index contributed by atoms with van der Waals surface area (Å²) in [5.41, 5.74) is -0.00665. The fourth-order valence-corrected chi connectivity index (χ4v) is 4.68. The zero-order chi connectivity index (χ0) is 25.6. The van der Waals surface area contributed by atoms with Crippen LogP contribution in [0.5, 0.6) is 11.5 Å². The molecule has 1 aliphatic heterocycles. The van der Waals surface area contributed by atoms with Crippen molar-refractivity contribution in [3.05, 3.63) is 23.5 Å². The maximum absolute atomic E-state index is 14.8. The molecule has 0 spiro atoms. The van der Waals surface area contributed by atoms with E-state index in [1.54, 1.807) is 26.8 Å². The Bertz CT molecular complexity index is 879. The summed E-state index contributed by atoms with van der Waals surface area (Å²) in [4.78, 5) is 26.7. The molecular formula is C26H39FN2O6. The minimum Gasteiger partial charge on any atom is -0.496 e. The molecule has 3 rings (SSSR count). The molecule has 2 N–H and O–H groups in total. The molecule has 2 amide bonds. The monoisotopic (exact) mass is 494 g/mol. The number of halogens is 1. The van der Waals surface area contributed by atoms with Gasteiger partial charge in [-0.05, 0) is 83.3 Å². The van der Waals surface area contributed by atoms with E-state index in [1.807, 2.05) is 0 Å². The Labute approximate surface area is 207 Å². The molecule has 1 atom stereocenters. The lowest BCUT2D eigenvalue weighted by Crippen LogP contribution is -2.47. The number of ether oxygens (including phenoxy) is 3. The fourth-order valence-electron chi connectivity index (χ4n) is 4.68. The van der Waals surface area contributed by atoms with Crippen LogP contribution < -0.4 is 14.8 Å². The zero-order valence-corrected chi connectivity index (χ0v) is 21.3. The molecule has 1 saturated heterocycles. The van der Waals surface area contributed by atoms with E-state index in [1.165, 1.54) is 18.1 Å². The van der Waals surface area contributed by atoms with Crippen LogP contribution in [-0.4, -0.2) is 66.6 Å². The first kappa shape index (κ1) is 27.0. The van der Waals surface area contributed by atoms with Crippen molar-refractivity contribution in [3.63, 3.8) is 0 Å². The number of aliphatic hydroxyl groups is 1. The quantitative estimate of drug-likeness (QED) is 0.570. The van der Waals surface area contributed by atoms with E-state index in [9.17, 15) is 19.1 Å². The summed E-state index contributed by atoms with van der Waals surface area (Å²) in [5.74, 6) is 0.235. The Balaban J connectivity index is 1.55. The van der Waals surface area contributed by atoms with Gasteiger partial charge in [-0.2, -0.15) is 0 Å². The zero-order valence-electron chi connectivity index (χ0n) is 21.3. The average Bonchev–Trinajstić information content (AvgIpc) is 3.30. The topological polar surface area (TPSA) is 97.3 Å². The molecular weight excluding hydrogens is 455 g/mol. The summed E-state index contributed by atoms with van der Waals surface area (Å²) >= 11 is 0. The number of aliphatic hydroxyl groups excluding tert-OH is 1. The summed E-state index contributed by atoms with van der Waals surface area (Å²) in [6.07, 6.45) is 4.40. The van der Waals surface area contributed by atoms with Gasteiger partial charge in [0.15, 0.2) is 11.6 Å². The Morgan fingerprint density at radius 2 is 1.86 bits per heavy atom. The van der Waals surface area contributed by atoms with Crippen molar-refractivity contribution in [2.75, 3.05) is 26.8 Å². The van der Waals surface area contributed by atoms with Crippen LogP contribution in [0.25, 0.3) is 0 Å². The third kappa shape index (κ3) is 7.46. The molecule has 2 aliphatic rings. The molecule has 196 valence electrons. The molecule has 1 aromatic rings. The molecule has 35 heavy (non-hydrogen) atoms. The molecule has 9 heteroatoms. The first-order valence-electron chi connectivity index (χ1n) is 12.5. The molecule has 0 radical (unpaired) electrons. The number of carbonyl (C=O) groups excluding carboxylic acids is 2. The van der Waals surface area contributed by atoms with Gasteiger partial charge in [-0.15, -0.1) is 0 Å². The Morgan fingerprint density at radius 3 is 2.49 bits per heavy atom. The van der Waals surface area contributed by atoms with Crippen LogP contribution in [0, 0.1) is 11.7 Å². The second-order valence-corrected chi connectivity index (χ2v) is 10.4. The largest absolute Gasteiger partial charge is 0.496 e. The normalized spacial score (nSPS) is 22.6. The highest BCUT2D eigenvalue weighted by molar-refractivity contribution is 5.86. The van der Waals surface area contributed by atoms with Gasteiger partial charge in [0, 0.05) is 25.8 Å². The molecule has 1 aliphatic carbocycles. The van der Waals surface area contributed by atoms with Crippen molar-refractivity contribution in [1.29, 1.82) is 0 Å². The second-order valence-electron chi connectivity index (χ2n) is 10.4. The molecule has 0 unspecified atom stereocenters. The number of amides is 2. The van der Waals surface area contributed by atoms with Crippen molar-refractivity contribution >= 4 is 12.0 Å². The minimum atomic E-state index is -0.629. The molecule has 8 nitrogen and oxygen atoms in total. The first-order chi connectivity index (χ1) is 16.6. The molecule has 1 aromatic carbocycles. The molecule has 0 bridgehead atoms. The summed E-state index contributed by atoms with van der Waals surface area (Å²) in [7, 11) is 1.52. The van der Waals surface area contributed by atoms with Crippen LogP contribution in [0.1, 0.15) is 64.9 Å². The Hall–Kier alpha value is -2.55. The third-order valence-electron chi connectivity index (χ3n) is 6.56. The number of benzene rings is 1. The van der Waals surface area contributed by atoms with Crippen molar-refractivity contribution < 1.29 is 33.3 Å². The van der Waals surface area contributed by atoms with E-state index < -0.39 is 23.6 Å². The van der Waals surface area contributed by atoms with Gasteiger partial charge in [-0.3, -0.25) is 9.69 Å². The van der Waals surface area contributed by atoms with Crippen LogP contribution in [0.15, 0.2) is 12.1 Å². The average molecular weight is 495 g/mol. The lowest BCUT2D eigenvalue weighted by Gasteiger charge is -2.28. The maximum atomic E-state index is 14.8. The number of nitrogens with one attached hydrogen (secondary N) is 1. The summed E-state index contributed by atoms with van der Waals surface area (Å²) < 4.78 is 31.6. The van der Waals surface area contributed by atoms with E-state index in [0.717, 1.165) is 32.1 Å². The lowest BCUT2D eigenvalue weighted by molar-refractivity contribution is -0.125. The maximum Gasteiger partial charge on any atom is 0.410 e. The van der Waals surface area contributed by atoms with Gasteiger partial charge < -0.3 is 24.6 Å². The van der Waals surface area contributed by atoms with E-state index in [-0.39, 0.29) is 30.9 Å². The van der Waals surface area contributed by atoms with Crippen LogP contribution in [0.4, 0.5) is 9.18 Å². The molecule has 1 saturated carbocycles.